The van der Waals surface area contributed by atoms with Gasteiger partial charge in [0.15, 0.2) is 0 Å². The SMILES string of the molecule is Cc1cccc(Cn2cc(/C=C3\C(=O)NC(=O)N(c4ccc(C56CC7CC(CC(C7)C5)C6)cc4)C3=O)c3ccccc32)c1. The number of rotatable bonds is 5. The summed E-state index contributed by atoms with van der Waals surface area (Å²) in [5.41, 5.74) is 6.11. The number of aromatic nitrogens is 1. The van der Waals surface area contributed by atoms with Crippen molar-refractivity contribution in [3.05, 3.63) is 107 Å². The van der Waals surface area contributed by atoms with E-state index in [4.69, 9.17) is 0 Å². The quantitative estimate of drug-likeness (QED) is 0.205. The Bertz CT molecular complexity index is 1790. The molecule has 6 nitrogen and oxygen atoms in total. The van der Waals surface area contributed by atoms with Crippen LogP contribution in [-0.4, -0.2) is 22.4 Å². The van der Waals surface area contributed by atoms with E-state index in [1.165, 1.54) is 55.2 Å². The van der Waals surface area contributed by atoms with Crippen LogP contribution < -0.4 is 10.2 Å². The molecule has 9 rings (SSSR count). The third-order valence-corrected chi connectivity index (χ3v) is 10.4. The van der Waals surface area contributed by atoms with Crippen molar-refractivity contribution in [1.29, 1.82) is 0 Å². The molecule has 0 unspecified atom stereocenters. The van der Waals surface area contributed by atoms with E-state index in [0.29, 0.717) is 12.2 Å². The van der Waals surface area contributed by atoms with Crippen LogP contribution in [0.4, 0.5) is 10.5 Å². The van der Waals surface area contributed by atoms with Crippen LogP contribution in [0.25, 0.3) is 17.0 Å². The maximum absolute atomic E-state index is 13.8. The van der Waals surface area contributed by atoms with Gasteiger partial charge in [-0.3, -0.25) is 14.9 Å². The Balaban J connectivity index is 1.11. The number of barbiturate groups is 1. The highest BCUT2D eigenvalue weighted by Crippen LogP contribution is 2.60. The van der Waals surface area contributed by atoms with Gasteiger partial charge in [0.25, 0.3) is 11.8 Å². The molecule has 0 radical (unpaired) electrons. The molecule has 43 heavy (non-hydrogen) atoms. The molecule has 0 spiro atoms. The van der Waals surface area contributed by atoms with Crippen molar-refractivity contribution in [3.63, 3.8) is 0 Å². The molecule has 5 fully saturated rings. The number of nitrogens with one attached hydrogen (secondary N) is 1. The van der Waals surface area contributed by atoms with Crippen LogP contribution >= 0.6 is 0 Å². The number of anilines is 1. The minimum Gasteiger partial charge on any atom is -0.342 e. The van der Waals surface area contributed by atoms with Crippen LogP contribution in [0, 0.1) is 24.7 Å². The monoisotopic (exact) mass is 569 g/mol. The van der Waals surface area contributed by atoms with E-state index < -0.39 is 17.8 Å². The number of amides is 4. The molecule has 0 atom stereocenters. The number of urea groups is 1. The highest BCUT2D eigenvalue weighted by molar-refractivity contribution is 6.39. The summed E-state index contributed by atoms with van der Waals surface area (Å²) < 4.78 is 2.13. The lowest BCUT2D eigenvalue weighted by atomic mass is 9.48. The van der Waals surface area contributed by atoms with Gasteiger partial charge in [0.1, 0.15) is 5.57 Å². The maximum Gasteiger partial charge on any atom is 0.335 e. The van der Waals surface area contributed by atoms with Gasteiger partial charge in [-0.1, -0.05) is 60.2 Å². The fourth-order valence-corrected chi connectivity index (χ4v) is 9.00. The average molecular weight is 570 g/mol. The number of benzene rings is 3. The number of hydrogen-bond acceptors (Lipinski definition) is 3. The third-order valence-electron chi connectivity index (χ3n) is 10.4. The van der Waals surface area contributed by atoms with Crippen molar-refractivity contribution in [2.75, 3.05) is 4.90 Å². The second-order valence-electron chi connectivity index (χ2n) is 13.4. The van der Waals surface area contributed by atoms with E-state index in [1.807, 2.05) is 48.7 Å². The molecule has 216 valence electrons. The number of imide groups is 2. The summed E-state index contributed by atoms with van der Waals surface area (Å²) in [5.74, 6) is 1.23. The standard InChI is InChI=1S/C37H35N3O3/c1-23-5-4-6-24(13-23)21-39-22-28(31-7-2-3-8-33(31)39)17-32-34(41)38-36(43)40(35(32)42)30-11-9-29(10-12-30)37-18-25-14-26(19-37)16-27(15-25)20-37/h2-13,17,22,25-27H,14-16,18-21H2,1H3,(H,38,41,43)/b32-17+. The number of para-hydroxylation sites is 1. The van der Waals surface area contributed by atoms with Gasteiger partial charge in [0.2, 0.25) is 0 Å². The van der Waals surface area contributed by atoms with Gasteiger partial charge < -0.3 is 4.57 Å². The number of fused-ring (bicyclic) bond motifs is 1. The Morgan fingerprint density at radius 1 is 0.860 bits per heavy atom. The van der Waals surface area contributed by atoms with Gasteiger partial charge in [-0.2, -0.15) is 0 Å². The Labute approximate surface area is 251 Å². The molecule has 2 heterocycles. The molecule has 4 amide bonds. The van der Waals surface area contributed by atoms with Crippen LogP contribution in [0.3, 0.4) is 0 Å². The highest BCUT2D eigenvalue weighted by Gasteiger charge is 2.51. The summed E-state index contributed by atoms with van der Waals surface area (Å²) >= 11 is 0. The van der Waals surface area contributed by atoms with Crippen molar-refractivity contribution in [1.82, 2.24) is 9.88 Å². The molecule has 1 N–H and O–H groups in total. The lowest BCUT2D eigenvalue weighted by Crippen LogP contribution is -2.54. The molecule has 4 bridgehead atoms. The van der Waals surface area contributed by atoms with E-state index in [2.05, 4.69) is 47.1 Å². The first-order chi connectivity index (χ1) is 20.8. The third kappa shape index (κ3) is 4.43. The van der Waals surface area contributed by atoms with Crippen molar-refractivity contribution >= 4 is 40.5 Å². The van der Waals surface area contributed by atoms with Crippen LogP contribution in [-0.2, 0) is 21.5 Å². The number of carbonyl (C=O) groups is 3. The van der Waals surface area contributed by atoms with Gasteiger partial charge in [0.05, 0.1) is 5.69 Å². The fraction of sp³-hybridized carbons (Fsp3) is 0.324. The largest absolute Gasteiger partial charge is 0.342 e. The topological polar surface area (TPSA) is 71.4 Å². The molecule has 4 saturated carbocycles. The predicted molar refractivity (Wildman–Crippen MR) is 168 cm³/mol. The maximum atomic E-state index is 13.8. The second-order valence-corrected chi connectivity index (χ2v) is 13.4. The summed E-state index contributed by atoms with van der Waals surface area (Å²) in [4.78, 5) is 40.9. The molecule has 1 aromatic heterocycles. The van der Waals surface area contributed by atoms with Gasteiger partial charge in [-0.25, -0.2) is 9.69 Å². The zero-order valence-electron chi connectivity index (χ0n) is 24.4. The normalized spacial score (nSPS) is 27.4. The summed E-state index contributed by atoms with van der Waals surface area (Å²) in [7, 11) is 0. The summed E-state index contributed by atoms with van der Waals surface area (Å²) in [6, 6.07) is 23.6. The highest BCUT2D eigenvalue weighted by atomic mass is 16.2. The minimum absolute atomic E-state index is 0.0526. The lowest BCUT2D eigenvalue weighted by molar-refractivity contribution is -0.122. The number of nitrogens with zero attached hydrogens (tertiary/aromatic N) is 2. The van der Waals surface area contributed by atoms with Crippen LogP contribution in [0.1, 0.15) is 60.8 Å². The summed E-state index contributed by atoms with van der Waals surface area (Å²) in [6.45, 7) is 2.73. The van der Waals surface area contributed by atoms with E-state index >= 15 is 0 Å². The van der Waals surface area contributed by atoms with Crippen molar-refractivity contribution in [2.24, 2.45) is 17.8 Å². The molecular formula is C37H35N3O3. The Hall–Kier alpha value is -4.45. The van der Waals surface area contributed by atoms with E-state index in [1.54, 1.807) is 6.08 Å². The minimum atomic E-state index is -0.711. The molecule has 3 aromatic carbocycles. The van der Waals surface area contributed by atoms with Crippen LogP contribution in [0.2, 0.25) is 0 Å². The van der Waals surface area contributed by atoms with Gasteiger partial charge in [-0.15, -0.1) is 0 Å². The lowest BCUT2D eigenvalue weighted by Gasteiger charge is -2.57. The van der Waals surface area contributed by atoms with Gasteiger partial charge >= 0.3 is 6.03 Å². The van der Waals surface area contributed by atoms with Crippen molar-refractivity contribution in [3.8, 4) is 0 Å². The molecule has 1 saturated heterocycles. The van der Waals surface area contributed by atoms with E-state index in [0.717, 1.165) is 39.1 Å². The average Bonchev–Trinajstić information content (AvgIpc) is 3.31. The number of hydrogen-bond donors (Lipinski definition) is 1. The number of aryl methyl sites for hydroxylation is 1. The van der Waals surface area contributed by atoms with E-state index in [9.17, 15) is 14.4 Å². The molecule has 4 aliphatic carbocycles. The Morgan fingerprint density at radius 2 is 1.56 bits per heavy atom. The predicted octanol–water partition coefficient (Wildman–Crippen LogP) is 7.13. The van der Waals surface area contributed by atoms with Crippen LogP contribution in [0.5, 0.6) is 0 Å². The van der Waals surface area contributed by atoms with Gasteiger partial charge in [-0.05, 0) is 104 Å². The molecule has 5 aliphatic rings. The Kier molecular flexibility index (Phi) is 5.97. The molecule has 4 aromatic rings. The summed E-state index contributed by atoms with van der Waals surface area (Å²) in [6.07, 6.45) is 11.5. The summed E-state index contributed by atoms with van der Waals surface area (Å²) in [5, 5.41) is 3.34. The second kappa shape index (κ2) is 9.80. The molecule has 1 aliphatic heterocycles. The Morgan fingerprint density at radius 3 is 2.26 bits per heavy atom. The van der Waals surface area contributed by atoms with E-state index in [-0.39, 0.29) is 11.0 Å². The first kappa shape index (κ1) is 26.2. The molecule has 6 heteroatoms. The van der Waals surface area contributed by atoms with Crippen LogP contribution in [0.15, 0.2) is 84.6 Å². The smallest absolute Gasteiger partial charge is 0.335 e. The first-order valence-electron chi connectivity index (χ1n) is 15.5. The zero-order valence-corrected chi connectivity index (χ0v) is 24.4. The zero-order chi connectivity index (χ0) is 29.3. The van der Waals surface area contributed by atoms with Gasteiger partial charge in [0, 0.05) is 29.2 Å². The fourth-order valence-electron chi connectivity index (χ4n) is 9.00. The molecular weight excluding hydrogens is 534 g/mol. The van der Waals surface area contributed by atoms with Crippen molar-refractivity contribution in [2.45, 2.75) is 57.4 Å². The van der Waals surface area contributed by atoms with Crippen molar-refractivity contribution < 1.29 is 14.4 Å². The number of carbonyl (C=O) groups excluding carboxylic acids is 3. The first-order valence-corrected chi connectivity index (χ1v) is 15.5.